The van der Waals surface area contributed by atoms with E-state index in [1.165, 1.54) is 0 Å². The Kier molecular flexibility index (Phi) is 5.93. The molecule has 0 aromatic carbocycles. The number of rotatable bonds is 6. The highest BCUT2D eigenvalue weighted by atomic mass is 16.6. The van der Waals surface area contributed by atoms with Crippen molar-refractivity contribution in [3.05, 3.63) is 0 Å². The van der Waals surface area contributed by atoms with Gasteiger partial charge in [-0.05, 0) is 27.7 Å². The Hall–Kier alpha value is -0.0951. The van der Waals surface area contributed by atoms with E-state index < -0.39 is 0 Å². The van der Waals surface area contributed by atoms with Crippen LogP contribution in [0.25, 0.3) is 0 Å². The topological polar surface area (TPSA) is 36.9 Å². The second-order valence-corrected chi connectivity index (χ2v) is 5.11. The summed E-state index contributed by atoms with van der Waals surface area (Å²) in [6.07, 6.45) is 0.276. The van der Waals surface area contributed by atoms with E-state index in [2.05, 4.69) is 0 Å². The Labute approximate surface area is 105 Å². The third-order valence-corrected chi connectivity index (χ3v) is 2.84. The average molecular weight is 244 g/mol. The monoisotopic (exact) mass is 244 g/mol. The van der Waals surface area contributed by atoms with Crippen molar-refractivity contribution in [2.24, 2.45) is 0 Å². The van der Waals surface area contributed by atoms with E-state index in [-0.39, 0.29) is 36.5 Å². The van der Waals surface area contributed by atoms with Crippen molar-refractivity contribution in [2.45, 2.75) is 64.2 Å². The van der Waals surface area contributed by atoms with Crippen molar-refractivity contribution < 1.29 is 18.9 Å². The van der Waals surface area contributed by atoms with Crippen molar-refractivity contribution in [3.8, 4) is 0 Å². The molecule has 4 nitrogen and oxygen atoms in total. The lowest BCUT2D eigenvalue weighted by Crippen LogP contribution is -2.40. The van der Waals surface area contributed by atoms with Crippen LogP contribution in [0.1, 0.15) is 27.7 Å². The Morgan fingerprint density at radius 3 is 2.24 bits per heavy atom. The molecule has 0 radical (unpaired) electrons. The van der Waals surface area contributed by atoms with Gasteiger partial charge in [-0.15, -0.1) is 0 Å². The van der Waals surface area contributed by atoms with Gasteiger partial charge in [0.05, 0.1) is 24.8 Å². The maximum absolute atomic E-state index is 5.86. The van der Waals surface area contributed by atoms with Crippen LogP contribution in [0.15, 0.2) is 0 Å². The van der Waals surface area contributed by atoms with E-state index in [9.17, 15) is 0 Å². The lowest BCUT2D eigenvalue weighted by atomic mass is 9.92. The van der Waals surface area contributed by atoms with E-state index in [1.807, 2.05) is 35.5 Å². The van der Waals surface area contributed by atoms with Crippen molar-refractivity contribution in [2.75, 3.05) is 13.7 Å². The Morgan fingerprint density at radius 1 is 1.12 bits per heavy atom. The fourth-order valence-corrected chi connectivity index (χ4v) is 2.12. The molecule has 1 fully saturated rings. The number of hydrogen-bond acceptors (Lipinski definition) is 4. The van der Waals surface area contributed by atoms with Crippen LogP contribution in [-0.2, 0) is 18.9 Å². The van der Waals surface area contributed by atoms with Crippen LogP contribution in [0.5, 0.6) is 0 Å². The zero-order valence-electron chi connectivity index (χ0n) is 11.8. The number of hydrogen-bond donors (Lipinski definition) is 0. The molecule has 17 heavy (non-hydrogen) atoms. The Balaban J connectivity index is 2.56. The smallest absolute Gasteiger partial charge is 0.142 e. The van der Waals surface area contributed by atoms with Gasteiger partial charge in [0, 0.05) is 7.11 Å². The molecule has 1 heterocycles. The Morgan fingerprint density at radius 2 is 1.76 bits per heavy atom. The summed E-state index contributed by atoms with van der Waals surface area (Å²) in [6.45, 7) is 8.64. The molecule has 4 atom stereocenters. The summed E-state index contributed by atoms with van der Waals surface area (Å²) < 4.78 is 22.8. The normalized spacial score (nSPS) is 33.8. The lowest BCUT2D eigenvalue weighted by molar-refractivity contribution is -0.0796. The third kappa shape index (κ3) is 4.25. The van der Waals surface area contributed by atoms with Gasteiger partial charge in [0.15, 0.2) is 0 Å². The van der Waals surface area contributed by atoms with Crippen LogP contribution < -0.4 is 0 Å². The van der Waals surface area contributed by atoms with Gasteiger partial charge >= 0.3 is 0 Å². The van der Waals surface area contributed by atoms with Crippen LogP contribution in [0.3, 0.4) is 0 Å². The molecular formula is C12H25BO4. The summed E-state index contributed by atoms with van der Waals surface area (Å²) >= 11 is 0. The van der Waals surface area contributed by atoms with Crippen LogP contribution >= 0.6 is 0 Å². The van der Waals surface area contributed by atoms with Gasteiger partial charge in [-0.3, -0.25) is 0 Å². The summed E-state index contributed by atoms with van der Waals surface area (Å²) in [5.74, 6) is 0. The van der Waals surface area contributed by atoms with Crippen LogP contribution in [0.2, 0.25) is 0 Å². The first kappa shape index (κ1) is 15.0. The highest BCUT2D eigenvalue weighted by Gasteiger charge is 2.43. The van der Waals surface area contributed by atoms with Crippen molar-refractivity contribution in [1.29, 1.82) is 0 Å². The fourth-order valence-electron chi connectivity index (χ4n) is 2.12. The SMILES string of the molecule is B[C@@H]1O[C@H](COC(C)C)[C@H](OC)C1OC(C)C. The summed E-state index contributed by atoms with van der Waals surface area (Å²) in [5, 5.41) is 0. The zero-order valence-corrected chi connectivity index (χ0v) is 11.8. The molecule has 0 amide bonds. The van der Waals surface area contributed by atoms with Crippen molar-refractivity contribution in [3.63, 3.8) is 0 Å². The van der Waals surface area contributed by atoms with Gasteiger partial charge in [-0.25, -0.2) is 0 Å². The molecule has 0 bridgehead atoms. The molecule has 0 aromatic heterocycles. The maximum Gasteiger partial charge on any atom is 0.142 e. The molecule has 1 aliphatic heterocycles. The largest absolute Gasteiger partial charge is 0.376 e. The maximum atomic E-state index is 5.86. The lowest BCUT2D eigenvalue weighted by Gasteiger charge is -2.24. The van der Waals surface area contributed by atoms with E-state index in [0.29, 0.717) is 6.61 Å². The third-order valence-electron chi connectivity index (χ3n) is 2.84. The quantitative estimate of drug-likeness (QED) is 0.640. The first-order valence-electron chi connectivity index (χ1n) is 6.41. The molecule has 0 aromatic rings. The highest BCUT2D eigenvalue weighted by molar-refractivity contribution is 6.11. The van der Waals surface area contributed by atoms with Crippen LogP contribution in [-0.4, -0.2) is 58.1 Å². The molecular weight excluding hydrogens is 219 g/mol. The molecule has 1 aliphatic rings. The van der Waals surface area contributed by atoms with Gasteiger partial charge in [0.2, 0.25) is 0 Å². The van der Waals surface area contributed by atoms with Gasteiger partial charge in [0.1, 0.15) is 26.2 Å². The average Bonchev–Trinajstić information content (AvgIpc) is 2.51. The molecule has 0 aliphatic carbocycles. The van der Waals surface area contributed by atoms with Gasteiger partial charge in [-0.1, -0.05) is 0 Å². The minimum absolute atomic E-state index is 0.0132. The first-order valence-corrected chi connectivity index (χ1v) is 6.41. The van der Waals surface area contributed by atoms with Gasteiger partial charge in [-0.2, -0.15) is 0 Å². The molecule has 1 saturated heterocycles. The summed E-state index contributed by atoms with van der Waals surface area (Å²) in [6, 6.07) is 0.0445. The zero-order chi connectivity index (χ0) is 13.0. The predicted octanol–water partition coefficient (Wildman–Crippen LogP) is 0.578. The van der Waals surface area contributed by atoms with Crippen LogP contribution in [0.4, 0.5) is 0 Å². The van der Waals surface area contributed by atoms with E-state index >= 15 is 0 Å². The van der Waals surface area contributed by atoms with Crippen molar-refractivity contribution >= 4 is 7.85 Å². The summed E-state index contributed by atoms with van der Waals surface area (Å²) in [7, 11) is 3.72. The Bertz CT molecular complexity index is 223. The number of ether oxygens (including phenoxy) is 4. The molecule has 0 N–H and O–H groups in total. The summed E-state index contributed by atoms with van der Waals surface area (Å²) in [4.78, 5) is 0. The predicted molar refractivity (Wildman–Crippen MR) is 69.1 cm³/mol. The molecule has 0 saturated carbocycles. The van der Waals surface area contributed by atoms with Gasteiger partial charge in [0.25, 0.3) is 0 Å². The molecule has 1 rings (SSSR count). The number of methoxy groups -OCH3 is 1. The van der Waals surface area contributed by atoms with E-state index in [0.717, 1.165) is 0 Å². The standard InChI is InChI=1S/C12H25BO4/c1-7(2)15-6-9-10(14-5)11(12(13)17-9)16-8(3)4/h7-12H,6,13H2,1-5H3/t9-,10+,11?,12-/m1/s1. The van der Waals surface area contributed by atoms with E-state index in [1.54, 1.807) is 7.11 Å². The first-order chi connectivity index (χ1) is 7.95. The molecule has 5 heteroatoms. The second kappa shape index (κ2) is 6.73. The highest BCUT2D eigenvalue weighted by Crippen LogP contribution is 2.26. The molecule has 100 valence electrons. The summed E-state index contributed by atoms with van der Waals surface area (Å²) in [5.41, 5.74) is 0. The fraction of sp³-hybridized carbons (Fsp3) is 1.00. The molecule has 1 unspecified atom stereocenters. The van der Waals surface area contributed by atoms with E-state index in [4.69, 9.17) is 18.9 Å². The minimum atomic E-state index is -0.0499. The van der Waals surface area contributed by atoms with Crippen LogP contribution in [0, 0.1) is 0 Å². The van der Waals surface area contributed by atoms with Gasteiger partial charge < -0.3 is 18.9 Å². The second-order valence-electron chi connectivity index (χ2n) is 5.11. The minimum Gasteiger partial charge on any atom is -0.376 e. The van der Waals surface area contributed by atoms with Crippen molar-refractivity contribution in [1.82, 2.24) is 0 Å². The molecule has 0 spiro atoms.